The fourth-order valence-electron chi connectivity index (χ4n) is 2.95. The number of carbonyl (C=O) groups excluding carboxylic acids is 2. The first-order valence-corrected chi connectivity index (χ1v) is 7.85. The van der Waals surface area contributed by atoms with Gasteiger partial charge in [0.1, 0.15) is 5.82 Å². The van der Waals surface area contributed by atoms with E-state index in [9.17, 15) is 14.0 Å². The van der Waals surface area contributed by atoms with Crippen LogP contribution in [0.4, 0.5) is 4.39 Å². The van der Waals surface area contributed by atoms with Crippen LogP contribution in [-0.4, -0.2) is 34.8 Å². The number of hydrogen-bond donors (Lipinski definition) is 1. The van der Waals surface area contributed by atoms with E-state index in [0.717, 1.165) is 6.20 Å². The third-order valence-electron chi connectivity index (χ3n) is 4.40. The zero-order valence-corrected chi connectivity index (χ0v) is 13.1. The third-order valence-corrected chi connectivity index (χ3v) is 4.40. The second kappa shape index (κ2) is 6.78. The van der Waals surface area contributed by atoms with E-state index in [0.29, 0.717) is 42.6 Å². The van der Waals surface area contributed by atoms with E-state index in [2.05, 4.69) is 4.98 Å². The zero-order valence-electron chi connectivity index (χ0n) is 13.1. The van der Waals surface area contributed by atoms with Crippen LogP contribution in [0.3, 0.4) is 0 Å². The lowest BCUT2D eigenvalue weighted by molar-refractivity contribution is -0.123. The summed E-state index contributed by atoms with van der Waals surface area (Å²) in [5, 5.41) is 0. The van der Waals surface area contributed by atoms with Gasteiger partial charge < -0.3 is 10.6 Å². The molecule has 0 atom stereocenters. The number of carbonyl (C=O) groups is 2. The van der Waals surface area contributed by atoms with Crippen molar-refractivity contribution in [1.82, 2.24) is 9.88 Å². The minimum Gasteiger partial charge on any atom is -0.369 e. The molecule has 1 aliphatic rings. The fourth-order valence-corrected chi connectivity index (χ4v) is 2.95. The van der Waals surface area contributed by atoms with Crippen LogP contribution in [0.15, 0.2) is 42.7 Å². The Kier molecular flexibility index (Phi) is 4.55. The van der Waals surface area contributed by atoms with Gasteiger partial charge in [-0.15, -0.1) is 0 Å². The normalized spacial score (nSPS) is 15.3. The molecule has 1 aliphatic heterocycles. The Morgan fingerprint density at radius 2 is 1.79 bits per heavy atom. The van der Waals surface area contributed by atoms with E-state index in [1.165, 1.54) is 6.20 Å². The highest BCUT2D eigenvalue weighted by Gasteiger charge is 2.26. The van der Waals surface area contributed by atoms with Crippen LogP contribution in [0, 0.1) is 11.7 Å². The highest BCUT2D eigenvalue weighted by atomic mass is 19.1. The molecule has 1 aromatic carbocycles. The van der Waals surface area contributed by atoms with Crippen LogP contribution < -0.4 is 5.73 Å². The number of pyridine rings is 1. The first-order chi connectivity index (χ1) is 11.6. The lowest BCUT2D eigenvalue weighted by Gasteiger charge is -2.30. The average Bonchev–Trinajstić information content (AvgIpc) is 2.62. The molecule has 24 heavy (non-hydrogen) atoms. The number of amides is 2. The van der Waals surface area contributed by atoms with Crippen molar-refractivity contribution in [2.75, 3.05) is 13.1 Å². The largest absolute Gasteiger partial charge is 0.369 e. The molecule has 2 N–H and O–H groups in total. The minimum absolute atomic E-state index is 0.0836. The van der Waals surface area contributed by atoms with Crippen molar-refractivity contribution >= 4 is 11.8 Å². The highest BCUT2D eigenvalue weighted by molar-refractivity contribution is 5.95. The molecule has 0 aliphatic carbocycles. The number of nitrogens with two attached hydrogens (primary N) is 1. The van der Waals surface area contributed by atoms with E-state index < -0.39 is 5.82 Å². The van der Waals surface area contributed by atoms with Gasteiger partial charge in [0.2, 0.25) is 5.91 Å². The molecule has 5 nitrogen and oxygen atoms in total. The molecule has 6 heteroatoms. The van der Waals surface area contributed by atoms with Gasteiger partial charge in [0, 0.05) is 36.3 Å². The number of halogens is 1. The first-order valence-electron chi connectivity index (χ1n) is 7.85. The molecule has 2 aromatic rings. The number of hydrogen-bond acceptors (Lipinski definition) is 3. The van der Waals surface area contributed by atoms with Crippen LogP contribution in [0.1, 0.15) is 23.2 Å². The molecule has 2 amide bonds. The number of benzene rings is 1. The Morgan fingerprint density at radius 1 is 1.12 bits per heavy atom. The number of rotatable bonds is 3. The SMILES string of the molecule is NC(=O)C1CCN(C(=O)c2ccc(-c3ccncc3F)cc2)CC1. The van der Waals surface area contributed by atoms with Crippen molar-refractivity contribution in [1.29, 1.82) is 0 Å². The smallest absolute Gasteiger partial charge is 0.253 e. The van der Waals surface area contributed by atoms with Crippen molar-refractivity contribution in [2.24, 2.45) is 11.7 Å². The van der Waals surface area contributed by atoms with Crippen molar-refractivity contribution in [3.63, 3.8) is 0 Å². The summed E-state index contributed by atoms with van der Waals surface area (Å²) in [6, 6.07) is 8.43. The maximum Gasteiger partial charge on any atom is 0.253 e. The van der Waals surface area contributed by atoms with E-state index in [1.54, 1.807) is 35.2 Å². The molecule has 1 aromatic heterocycles. The van der Waals surface area contributed by atoms with Crippen LogP contribution in [0.5, 0.6) is 0 Å². The quantitative estimate of drug-likeness (QED) is 0.939. The molecule has 2 heterocycles. The molecule has 0 spiro atoms. The topological polar surface area (TPSA) is 76.3 Å². The summed E-state index contributed by atoms with van der Waals surface area (Å²) in [4.78, 5) is 29.2. The Hall–Kier alpha value is -2.76. The van der Waals surface area contributed by atoms with E-state index in [4.69, 9.17) is 5.73 Å². The molecule has 1 fully saturated rings. The van der Waals surface area contributed by atoms with Crippen molar-refractivity contribution < 1.29 is 14.0 Å². The molecule has 0 saturated carbocycles. The molecular weight excluding hydrogens is 309 g/mol. The Bertz CT molecular complexity index is 753. The minimum atomic E-state index is -0.398. The van der Waals surface area contributed by atoms with Gasteiger partial charge in [-0.3, -0.25) is 14.6 Å². The second-order valence-corrected chi connectivity index (χ2v) is 5.90. The van der Waals surface area contributed by atoms with E-state index in [-0.39, 0.29) is 17.7 Å². The summed E-state index contributed by atoms with van der Waals surface area (Å²) in [6.07, 6.45) is 3.89. The number of aromatic nitrogens is 1. The Labute approximate surface area is 139 Å². The third kappa shape index (κ3) is 3.27. The maximum absolute atomic E-state index is 13.8. The number of likely N-dealkylation sites (tertiary alicyclic amines) is 1. The summed E-state index contributed by atoms with van der Waals surface area (Å²) in [7, 11) is 0. The number of nitrogens with zero attached hydrogens (tertiary/aromatic N) is 2. The predicted molar refractivity (Wildman–Crippen MR) is 87.5 cm³/mol. The van der Waals surface area contributed by atoms with Gasteiger partial charge in [-0.05, 0) is 36.6 Å². The molecule has 3 rings (SSSR count). The Morgan fingerprint density at radius 3 is 2.38 bits per heavy atom. The fraction of sp³-hybridized carbons (Fsp3) is 0.278. The van der Waals surface area contributed by atoms with Gasteiger partial charge in [0.25, 0.3) is 5.91 Å². The zero-order chi connectivity index (χ0) is 17.1. The van der Waals surface area contributed by atoms with Gasteiger partial charge in [0.15, 0.2) is 0 Å². The Balaban J connectivity index is 1.71. The second-order valence-electron chi connectivity index (χ2n) is 5.90. The number of primary amides is 1. The van der Waals surface area contributed by atoms with Crippen molar-refractivity contribution in [3.05, 3.63) is 54.1 Å². The van der Waals surface area contributed by atoms with E-state index in [1.807, 2.05) is 0 Å². The van der Waals surface area contributed by atoms with Gasteiger partial charge in [0.05, 0.1) is 6.20 Å². The van der Waals surface area contributed by atoms with Gasteiger partial charge in [-0.25, -0.2) is 4.39 Å². The van der Waals surface area contributed by atoms with Crippen LogP contribution in [0.2, 0.25) is 0 Å². The number of piperidine rings is 1. The molecular formula is C18H18FN3O2. The lowest BCUT2D eigenvalue weighted by atomic mass is 9.95. The summed E-state index contributed by atoms with van der Waals surface area (Å²) in [6.45, 7) is 1.04. The highest BCUT2D eigenvalue weighted by Crippen LogP contribution is 2.23. The standard InChI is InChI=1S/C18H18FN3O2/c19-16-11-21-8-5-15(16)12-1-3-14(4-2-12)18(24)22-9-6-13(7-10-22)17(20)23/h1-5,8,11,13H,6-7,9-10H2,(H2,20,23). The summed E-state index contributed by atoms with van der Waals surface area (Å²) in [5.41, 5.74) is 7.00. The molecule has 0 bridgehead atoms. The van der Waals surface area contributed by atoms with Gasteiger partial charge >= 0.3 is 0 Å². The van der Waals surface area contributed by atoms with Crippen molar-refractivity contribution in [3.8, 4) is 11.1 Å². The summed E-state index contributed by atoms with van der Waals surface area (Å²) < 4.78 is 13.8. The van der Waals surface area contributed by atoms with Crippen molar-refractivity contribution in [2.45, 2.75) is 12.8 Å². The van der Waals surface area contributed by atoms with Gasteiger partial charge in [-0.2, -0.15) is 0 Å². The van der Waals surface area contributed by atoms with Crippen LogP contribution in [0.25, 0.3) is 11.1 Å². The molecule has 1 saturated heterocycles. The van der Waals surface area contributed by atoms with Crippen LogP contribution >= 0.6 is 0 Å². The summed E-state index contributed by atoms with van der Waals surface area (Å²) in [5.74, 6) is -0.929. The predicted octanol–water partition coefficient (Wildman–Crippen LogP) is 2.23. The molecule has 0 radical (unpaired) electrons. The van der Waals surface area contributed by atoms with E-state index >= 15 is 0 Å². The summed E-state index contributed by atoms with van der Waals surface area (Å²) >= 11 is 0. The molecule has 0 unspecified atom stereocenters. The first kappa shape index (κ1) is 16.1. The lowest BCUT2D eigenvalue weighted by Crippen LogP contribution is -2.41. The van der Waals surface area contributed by atoms with Gasteiger partial charge in [-0.1, -0.05) is 12.1 Å². The average molecular weight is 327 g/mol. The monoisotopic (exact) mass is 327 g/mol. The molecule has 124 valence electrons. The maximum atomic E-state index is 13.8. The van der Waals surface area contributed by atoms with Crippen LogP contribution in [-0.2, 0) is 4.79 Å².